The largest absolute Gasteiger partial charge is 0.497 e. The summed E-state index contributed by atoms with van der Waals surface area (Å²) in [5.41, 5.74) is 9.81. The molecule has 3 nitrogen and oxygen atoms in total. The maximum atomic E-state index is 6.27. The van der Waals surface area contributed by atoms with E-state index in [-0.39, 0.29) is 0 Å². The maximum absolute atomic E-state index is 6.27. The van der Waals surface area contributed by atoms with Crippen LogP contribution >= 0.6 is 0 Å². The van der Waals surface area contributed by atoms with Crippen molar-refractivity contribution >= 4 is 16.7 Å². The molecule has 102 valence electrons. The molecule has 0 unspecified atom stereocenters. The number of anilines is 1. The number of nitrogens with two attached hydrogens (primary N) is 1. The predicted molar refractivity (Wildman–Crippen MR) is 83.1 cm³/mol. The number of rotatable bonds is 3. The highest BCUT2D eigenvalue weighted by Gasteiger charge is 2.12. The SMILES string of the molecule is COc1cccc(Cc2c(N)n(C)c3ccccc23)c1. The first-order chi connectivity index (χ1) is 9.70. The summed E-state index contributed by atoms with van der Waals surface area (Å²) in [5.74, 6) is 1.70. The van der Waals surface area contributed by atoms with Gasteiger partial charge in [0.1, 0.15) is 11.6 Å². The normalized spacial score (nSPS) is 10.9. The molecule has 0 saturated carbocycles. The van der Waals surface area contributed by atoms with E-state index in [1.54, 1.807) is 7.11 Å². The standard InChI is InChI=1S/C17H18N2O/c1-19-16-9-4-3-8-14(16)15(17(19)18)11-12-6-5-7-13(10-12)20-2/h3-10H,11,18H2,1-2H3. The number of aryl methyl sites for hydroxylation is 1. The number of fused-ring (bicyclic) bond motifs is 1. The Morgan fingerprint density at radius 2 is 1.90 bits per heavy atom. The predicted octanol–water partition coefficient (Wildman–Crippen LogP) is 3.36. The number of hydrogen-bond donors (Lipinski definition) is 1. The van der Waals surface area contributed by atoms with E-state index < -0.39 is 0 Å². The van der Waals surface area contributed by atoms with Crippen molar-refractivity contribution in [1.29, 1.82) is 0 Å². The molecule has 3 heteroatoms. The molecular weight excluding hydrogens is 248 g/mol. The minimum Gasteiger partial charge on any atom is -0.497 e. The van der Waals surface area contributed by atoms with Gasteiger partial charge in [0, 0.05) is 29.9 Å². The van der Waals surface area contributed by atoms with Crippen molar-refractivity contribution in [2.24, 2.45) is 7.05 Å². The summed E-state index contributed by atoms with van der Waals surface area (Å²) < 4.78 is 7.33. The van der Waals surface area contributed by atoms with Crippen molar-refractivity contribution in [3.63, 3.8) is 0 Å². The summed E-state index contributed by atoms with van der Waals surface area (Å²) in [6, 6.07) is 16.4. The molecule has 3 rings (SSSR count). The van der Waals surface area contributed by atoms with Gasteiger partial charge < -0.3 is 15.0 Å². The molecule has 0 spiro atoms. The third kappa shape index (κ3) is 2.01. The lowest BCUT2D eigenvalue weighted by Gasteiger charge is -2.05. The minimum absolute atomic E-state index is 0.810. The number of ether oxygens (including phenoxy) is 1. The Bertz CT molecular complexity index is 759. The number of nitrogen functional groups attached to an aromatic ring is 1. The van der Waals surface area contributed by atoms with Gasteiger partial charge in [-0.05, 0) is 23.8 Å². The van der Waals surface area contributed by atoms with Gasteiger partial charge in [0.05, 0.1) is 7.11 Å². The second-order valence-electron chi connectivity index (χ2n) is 4.97. The molecule has 20 heavy (non-hydrogen) atoms. The van der Waals surface area contributed by atoms with Crippen molar-refractivity contribution in [2.45, 2.75) is 6.42 Å². The number of aromatic nitrogens is 1. The maximum Gasteiger partial charge on any atom is 0.119 e. The van der Waals surface area contributed by atoms with Crippen LogP contribution in [-0.4, -0.2) is 11.7 Å². The highest BCUT2D eigenvalue weighted by molar-refractivity contribution is 5.89. The Morgan fingerprint density at radius 3 is 2.70 bits per heavy atom. The molecule has 0 aliphatic rings. The smallest absolute Gasteiger partial charge is 0.119 e. The second kappa shape index (κ2) is 4.93. The van der Waals surface area contributed by atoms with E-state index in [1.165, 1.54) is 22.0 Å². The van der Waals surface area contributed by atoms with Gasteiger partial charge in [-0.2, -0.15) is 0 Å². The van der Waals surface area contributed by atoms with Crippen molar-refractivity contribution in [1.82, 2.24) is 4.57 Å². The Hall–Kier alpha value is -2.42. The number of para-hydroxylation sites is 1. The number of methoxy groups -OCH3 is 1. The van der Waals surface area contributed by atoms with Crippen LogP contribution in [0.3, 0.4) is 0 Å². The highest BCUT2D eigenvalue weighted by atomic mass is 16.5. The Balaban J connectivity index is 2.08. The van der Waals surface area contributed by atoms with Crippen molar-refractivity contribution < 1.29 is 4.74 Å². The van der Waals surface area contributed by atoms with Crippen LogP contribution in [0.4, 0.5) is 5.82 Å². The fourth-order valence-electron chi connectivity index (χ4n) is 2.66. The van der Waals surface area contributed by atoms with E-state index in [1.807, 2.05) is 29.8 Å². The number of nitrogens with zero attached hydrogens (tertiary/aromatic N) is 1. The van der Waals surface area contributed by atoms with E-state index >= 15 is 0 Å². The zero-order chi connectivity index (χ0) is 14.1. The lowest BCUT2D eigenvalue weighted by atomic mass is 10.0. The summed E-state index contributed by atoms with van der Waals surface area (Å²) in [7, 11) is 3.69. The second-order valence-corrected chi connectivity index (χ2v) is 4.97. The summed E-state index contributed by atoms with van der Waals surface area (Å²) in [4.78, 5) is 0. The van der Waals surface area contributed by atoms with E-state index in [2.05, 4.69) is 30.3 Å². The molecule has 0 aliphatic carbocycles. The van der Waals surface area contributed by atoms with Gasteiger partial charge in [-0.3, -0.25) is 0 Å². The molecule has 0 fully saturated rings. The molecule has 2 N–H and O–H groups in total. The molecule has 0 radical (unpaired) electrons. The van der Waals surface area contributed by atoms with Crippen molar-refractivity contribution in [2.75, 3.05) is 12.8 Å². The molecule has 2 aromatic carbocycles. The zero-order valence-electron chi connectivity index (χ0n) is 11.8. The van der Waals surface area contributed by atoms with Crippen LogP contribution in [0.1, 0.15) is 11.1 Å². The molecule has 0 amide bonds. The van der Waals surface area contributed by atoms with Gasteiger partial charge in [-0.25, -0.2) is 0 Å². The number of benzene rings is 2. The lowest BCUT2D eigenvalue weighted by Crippen LogP contribution is -1.99. The third-order valence-electron chi connectivity index (χ3n) is 3.78. The van der Waals surface area contributed by atoms with Crippen LogP contribution in [0.25, 0.3) is 10.9 Å². The van der Waals surface area contributed by atoms with Crippen LogP contribution in [-0.2, 0) is 13.5 Å². The minimum atomic E-state index is 0.810. The van der Waals surface area contributed by atoms with Crippen LogP contribution in [0, 0.1) is 0 Å². The molecule has 0 atom stereocenters. The average Bonchev–Trinajstić information content (AvgIpc) is 2.73. The quantitative estimate of drug-likeness (QED) is 0.789. The summed E-state index contributed by atoms with van der Waals surface area (Å²) in [6.45, 7) is 0. The van der Waals surface area contributed by atoms with Gasteiger partial charge >= 0.3 is 0 Å². The first-order valence-electron chi connectivity index (χ1n) is 6.65. The van der Waals surface area contributed by atoms with E-state index in [0.717, 1.165) is 18.0 Å². The monoisotopic (exact) mass is 266 g/mol. The van der Waals surface area contributed by atoms with Gasteiger partial charge in [0.15, 0.2) is 0 Å². The highest BCUT2D eigenvalue weighted by Crippen LogP contribution is 2.29. The van der Waals surface area contributed by atoms with Crippen molar-refractivity contribution in [3.05, 3.63) is 59.7 Å². The lowest BCUT2D eigenvalue weighted by molar-refractivity contribution is 0.414. The van der Waals surface area contributed by atoms with Crippen LogP contribution in [0.15, 0.2) is 48.5 Å². The number of hydrogen-bond acceptors (Lipinski definition) is 2. The Labute approximate surface area is 118 Å². The van der Waals surface area contributed by atoms with E-state index in [9.17, 15) is 0 Å². The molecular formula is C17H18N2O. The van der Waals surface area contributed by atoms with E-state index in [4.69, 9.17) is 10.5 Å². The van der Waals surface area contributed by atoms with Gasteiger partial charge in [0.2, 0.25) is 0 Å². The fraction of sp³-hybridized carbons (Fsp3) is 0.176. The van der Waals surface area contributed by atoms with Gasteiger partial charge in [-0.1, -0.05) is 30.3 Å². The van der Waals surface area contributed by atoms with Gasteiger partial charge in [0.25, 0.3) is 0 Å². The summed E-state index contributed by atoms with van der Waals surface area (Å²) in [6.07, 6.45) is 0.810. The molecule has 0 saturated heterocycles. The van der Waals surface area contributed by atoms with Crippen molar-refractivity contribution in [3.8, 4) is 5.75 Å². The fourth-order valence-corrected chi connectivity index (χ4v) is 2.66. The third-order valence-corrected chi connectivity index (χ3v) is 3.78. The van der Waals surface area contributed by atoms with E-state index in [0.29, 0.717) is 0 Å². The molecule has 0 bridgehead atoms. The molecule has 1 aromatic heterocycles. The zero-order valence-corrected chi connectivity index (χ0v) is 11.8. The average molecular weight is 266 g/mol. The molecule has 3 aromatic rings. The summed E-state index contributed by atoms with van der Waals surface area (Å²) >= 11 is 0. The Kier molecular flexibility index (Phi) is 3.11. The topological polar surface area (TPSA) is 40.2 Å². The van der Waals surface area contributed by atoms with Crippen LogP contribution in [0.2, 0.25) is 0 Å². The van der Waals surface area contributed by atoms with Crippen LogP contribution in [0.5, 0.6) is 5.75 Å². The first kappa shape index (κ1) is 12.6. The molecule has 1 heterocycles. The van der Waals surface area contributed by atoms with Gasteiger partial charge in [-0.15, -0.1) is 0 Å². The van der Waals surface area contributed by atoms with Crippen LogP contribution < -0.4 is 10.5 Å². The molecule has 0 aliphatic heterocycles. The Morgan fingerprint density at radius 1 is 1.10 bits per heavy atom. The summed E-state index contributed by atoms with van der Waals surface area (Å²) in [5, 5.41) is 1.22. The first-order valence-corrected chi connectivity index (χ1v) is 6.65.